The molecule has 0 aliphatic carbocycles. The van der Waals surface area contributed by atoms with Crippen molar-refractivity contribution in [2.45, 2.75) is 26.8 Å². The monoisotopic (exact) mass is 418 g/mol. The first-order chi connectivity index (χ1) is 15.0. The Morgan fingerprint density at radius 2 is 1.97 bits per heavy atom. The van der Waals surface area contributed by atoms with Crippen LogP contribution in [0.15, 0.2) is 61.1 Å². The largest absolute Gasteiger partial charge is 0.351 e. The second-order valence-electron chi connectivity index (χ2n) is 7.22. The predicted octanol–water partition coefficient (Wildman–Crippen LogP) is 3.57. The van der Waals surface area contributed by atoms with Gasteiger partial charge in [-0.1, -0.05) is 23.8 Å². The molecule has 1 amide bonds. The van der Waals surface area contributed by atoms with Crippen LogP contribution in [0.5, 0.6) is 0 Å². The van der Waals surface area contributed by atoms with Crippen LogP contribution in [0.1, 0.15) is 28.7 Å². The van der Waals surface area contributed by atoms with Gasteiger partial charge < -0.3 is 9.88 Å². The minimum atomic E-state index is -0.326. The van der Waals surface area contributed by atoms with Crippen molar-refractivity contribution in [1.29, 1.82) is 0 Å². The standard InChI is InChI=1S/C23H23FN6O/c1-3-29-15-26-27-21(29)11-12-25-23(31)20-14-30(19-9-7-18(24)8-10-19)28-22(20)17-6-4-5-16(2)13-17/h4-10,13-15H,3,11-12H2,1-2H3,(H,25,31). The molecule has 7 nitrogen and oxygen atoms in total. The van der Waals surface area contributed by atoms with Gasteiger partial charge in [0.1, 0.15) is 23.7 Å². The van der Waals surface area contributed by atoms with Crippen LogP contribution in [0, 0.1) is 12.7 Å². The zero-order chi connectivity index (χ0) is 21.8. The van der Waals surface area contributed by atoms with Gasteiger partial charge in [-0.05, 0) is 44.2 Å². The number of hydrogen-bond donors (Lipinski definition) is 1. The molecule has 0 atom stereocenters. The summed E-state index contributed by atoms with van der Waals surface area (Å²) < 4.78 is 16.9. The number of carbonyl (C=O) groups is 1. The van der Waals surface area contributed by atoms with Gasteiger partial charge in [-0.15, -0.1) is 10.2 Å². The topological polar surface area (TPSA) is 77.6 Å². The SMILES string of the molecule is CCn1cnnc1CCNC(=O)c1cn(-c2ccc(F)cc2)nc1-c1cccc(C)c1. The van der Waals surface area contributed by atoms with Crippen molar-refractivity contribution in [3.8, 4) is 16.9 Å². The van der Waals surface area contributed by atoms with Crippen molar-refractivity contribution in [3.05, 3.63) is 83.8 Å². The lowest BCUT2D eigenvalue weighted by molar-refractivity contribution is 0.0954. The van der Waals surface area contributed by atoms with Crippen LogP contribution in [0.25, 0.3) is 16.9 Å². The molecule has 4 rings (SSSR count). The van der Waals surface area contributed by atoms with Crippen LogP contribution >= 0.6 is 0 Å². The van der Waals surface area contributed by atoms with E-state index in [2.05, 4.69) is 20.6 Å². The van der Waals surface area contributed by atoms with Gasteiger partial charge in [0.25, 0.3) is 5.91 Å². The number of benzene rings is 2. The van der Waals surface area contributed by atoms with Gasteiger partial charge >= 0.3 is 0 Å². The molecule has 8 heteroatoms. The zero-order valence-corrected chi connectivity index (χ0v) is 17.4. The Kier molecular flexibility index (Phi) is 5.88. The van der Waals surface area contributed by atoms with Gasteiger partial charge in [-0.25, -0.2) is 9.07 Å². The van der Waals surface area contributed by atoms with E-state index in [1.807, 2.05) is 42.7 Å². The van der Waals surface area contributed by atoms with Gasteiger partial charge in [0.15, 0.2) is 0 Å². The molecule has 0 saturated carbocycles. The van der Waals surface area contributed by atoms with Crippen molar-refractivity contribution < 1.29 is 9.18 Å². The third-order valence-corrected chi connectivity index (χ3v) is 5.01. The van der Waals surface area contributed by atoms with Crippen LogP contribution in [-0.2, 0) is 13.0 Å². The molecule has 0 unspecified atom stereocenters. The average Bonchev–Trinajstić information content (AvgIpc) is 3.41. The normalized spacial score (nSPS) is 10.9. The molecule has 4 aromatic rings. The molecule has 0 aliphatic heterocycles. The fraction of sp³-hybridized carbons (Fsp3) is 0.217. The Labute approximate surface area is 179 Å². The number of aromatic nitrogens is 5. The molecule has 2 heterocycles. The highest BCUT2D eigenvalue weighted by Gasteiger charge is 2.19. The van der Waals surface area contributed by atoms with E-state index in [4.69, 9.17) is 0 Å². The molecule has 0 saturated heterocycles. The van der Waals surface area contributed by atoms with E-state index < -0.39 is 0 Å². The average molecular weight is 418 g/mol. The summed E-state index contributed by atoms with van der Waals surface area (Å²) in [5, 5.41) is 15.6. The maximum Gasteiger partial charge on any atom is 0.255 e. The van der Waals surface area contributed by atoms with Gasteiger partial charge in [-0.3, -0.25) is 4.79 Å². The van der Waals surface area contributed by atoms with E-state index in [9.17, 15) is 9.18 Å². The number of amides is 1. The van der Waals surface area contributed by atoms with E-state index in [1.165, 1.54) is 12.1 Å². The van der Waals surface area contributed by atoms with Crippen LogP contribution in [0.4, 0.5) is 4.39 Å². The molecule has 0 fully saturated rings. The van der Waals surface area contributed by atoms with Crippen molar-refractivity contribution >= 4 is 5.91 Å². The Hall–Kier alpha value is -3.81. The zero-order valence-electron chi connectivity index (χ0n) is 17.4. The van der Waals surface area contributed by atoms with Crippen LogP contribution < -0.4 is 5.32 Å². The molecular formula is C23H23FN6O. The lowest BCUT2D eigenvalue weighted by Crippen LogP contribution is -2.26. The molecule has 158 valence electrons. The van der Waals surface area contributed by atoms with Crippen LogP contribution in [-0.4, -0.2) is 37.0 Å². The minimum absolute atomic E-state index is 0.229. The first-order valence-corrected chi connectivity index (χ1v) is 10.1. The number of hydrogen-bond acceptors (Lipinski definition) is 4. The summed E-state index contributed by atoms with van der Waals surface area (Å²) in [7, 11) is 0. The number of carbonyl (C=O) groups excluding carboxylic acids is 1. The Balaban J connectivity index is 1.61. The number of halogens is 1. The van der Waals surface area contributed by atoms with E-state index in [1.54, 1.807) is 29.3 Å². The highest BCUT2D eigenvalue weighted by atomic mass is 19.1. The van der Waals surface area contributed by atoms with Crippen molar-refractivity contribution in [1.82, 2.24) is 29.9 Å². The number of rotatable bonds is 7. The molecular weight excluding hydrogens is 395 g/mol. The van der Waals surface area contributed by atoms with E-state index >= 15 is 0 Å². The Morgan fingerprint density at radius 1 is 1.16 bits per heavy atom. The minimum Gasteiger partial charge on any atom is -0.351 e. The first-order valence-electron chi connectivity index (χ1n) is 10.1. The van der Waals surface area contributed by atoms with Crippen molar-refractivity contribution in [3.63, 3.8) is 0 Å². The summed E-state index contributed by atoms with van der Waals surface area (Å²) in [5.74, 6) is 0.267. The van der Waals surface area contributed by atoms with Crippen LogP contribution in [0.2, 0.25) is 0 Å². The first kappa shape index (κ1) is 20.5. The van der Waals surface area contributed by atoms with E-state index in [0.717, 1.165) is 23.5 Å². The molecule has 2 aromatic heterocycles. The fourth-order valence-corrected chi connectivity index (χ4v) is 3.39. The van der Waals surface area contributed by atoms with Gasteiger partial charge in [0, 0.05) is 31.3 Å². The Bertz CT molecular complexity index is 1200. The molecule has 1 N–H and O–H groups in total. The molecule has 0 radical (unpaired) electrons. The van der Waals surface area contributed by atoms with Crippen molar-refractivity contribution in [2.75, 3.05) is 6.54 Å². The molecule has 0 bridgehead atoms. The molecule has 0 spiro atoms. The van der Waals surface area contributed by atoms with Crippen LogP contribution in [0.3, 0.4) is 0 Å². The van der Waals surface area contributed by atoms with E-state index in [-0.39, 0.29) is 11.7 Å². The maximum atomic E-state index is 13.3. The van der Waals surface area contributed by atoms with Crippen molar-refractivity contribution in [2.24, 2.45) is 0 Å². The third kappa shape index (κ3) is 4.53. The van der Waals surface area contributed by atoms with Gasteiger partial charge in [-0.2, -0.15) is 5.10 Å². The summed E-state index contributed by atoms with van der Waals surface area (Å²) in [6.45, 7) is 5.21. The number of nitrogens with zero attached hydrogens (tertiary/aromatic N) is 5. The summed E-state index contributed by atoms with van der Waals surface area (Å²) in [6, 6.07) is 13.8. The lowest BCUT2D eigenvalue weighted by atomic mass is 10.1. The Morgan fingerprint density at radius 3 is 2.71 bits per heavy atom. The second kappa shape index (κ2) is 8.91. The second-order valence-corrected chi connectivity index (χ2v) is 7.22. The quantitative estimate of drug-likeness (QED) is 0.498. The number of aryl methyl sites for hydroxylation is 2. The van der Waals surface area contributed by atoms with Gasteiger partial charge in [0.05, 0.1) is 11.3 Å². The third-order valence-electron chi connectivity index (χ3n) is 5.01. The van der Waals surface area contributed by atoms with Gasteiger partial charge in [0.2, 0.25) is 0 Å². The highest BCUT2D eigenvalue weighted by Crippen LogP contribution is 2.25. The molecule has 31 heavy (non-hydrogen) atoms. The smallest absolute Gasteiger partial charge is 0.255 e. The lowest BCUT2D eigenvalue weighted by Gasteiger charge is -2.06. The summed E-state index contributed by atoms with van der Waals surface area (Å²) in [6.07, 6.45) is 3.93. The number of nitrogens with one attached hydrogen (secondary N) is 1. The highest BCUT2D eigenvalue weighted by molar-refractivity contribution is 6.00. The molecule has 2 aromatic carbocycles. The van der Waals surface area contributed by atoms with E-state index in [0.29, 0.717) is 29.9 Å². The maximum absolute atomic E-state index is 13.3. The predicted molar refractivity (Wildman–Crippen MR) is 115 cm³/mol. The summed E-state index contributed by atoms with van der Waals surface area (Å²) in [4.78, 5) is 13.0. The fourth-order valence-electron chi connectivity index (χ4n) is 3.39. The summed E-state index contributed by atoms with van der Waals surface area (Å²) in [5.41, 5.74) is 3.61. The molecule has 0 aliphatic rings. The summed E-state index contributed by atoms with van der Waals surface area (Å²) >= 11 is 0.